The minimum Gasteiger partial charge on any atom is -0.444 e. The summed E-state index contributed by atoms with van der Waals surface area (Å²) in [5.41, 5.74) is 0.511. The number of nitrogens with zero attached hydrogens (tertiary/aromatic N) is 4. The summed E-state index contributed by atoms with van der Waals surface area (Å²) in [4.78, 5) is 15.3. The van der Waals surface area contributed by atoms with Crippen molar-refractivity contribution < 1.29 is 18.3 Å². The summed E-state index contributed by atoms with van der Waals surface area (Å²) in [6.07, 6.45) is -2.22. The van der Waals surface area contributed by atoms with E-state index < -0.39 is 24.2 Å². The number of amides is 1. The Morgan fingerprint density at radius 2 is 2.00 bits per heavy atom. The Bertz CT molecular complexity index is 573. The Kier molecular flexibility index (Phi) is 5.47. The molecular formula is C16H26F2N4O2. The van der Waals surface area contributed by atoms with E-state index in [0.717, 1.165) is 5.69 Å². The van der Waals surface area contributed by atoms with E-state index in [1.165, 1.54) is 4.90 Å². The number of fused-ring (bicyclic) bond motifs is 1. The quantitative estimate of drug-likeness (QED) is 0.846. The summed E-state index contributed by atoms with van der Waals surface area (Å²) in [5.74, 6) is 0. The molecule has 8 heteroatoms. The fourth-order valence-corrected chi connectivity index (χ4v) is 2.73. The molecule has 0 bridgehead atoms. The highest BCUT2D eigenvalue weighted by atomic mass is 19.3. The predicted octanol–water partition coefficient (Wildman–Crippen LogP) is 2.89. The molecule has 1 aliphatic rings. The summed E-state index contributed by atoms with van der Waals surface area (Å²) in [6.45, 7) is 6.91. The van der Waals surface area contributed by atoms with Crippen molar-refractivity contribution in [1.29, 1.82) is 0 Å². The van der Waals surface area contributed by atoms with Crippen molar-refractivity contribution in [2.24, 2.45) is 0 Å². The topological polar surface area (TPSA) is 50.6 Å². The van der Waals surface area contributed by atoms with Crippen molar-refractivity contribution >= 4 is 6.09 Å². The van der Waals surface area contributed by atoms with Crippen LogP contribution in [-0.2, 0) is 17.8 Å². The number of halogens is 2. The zero-order valence-corrected chi connectivity index (χ0v) is 14.9. The first kappa shape index (κ1) is 18.6. The van der Waals surface area contributed by atoms with E-state index in [0.29, 0.717) is 31.7 Å². The Labute approximate surface area is 141 Å². The van der Waals surface area contributed by atoms with E-state index in [2.05, 4.69) is 5.10 Å². The van der Waals surface area contributed by atoms with Crippen LogP contribution in [0.4, 0.5) is 13.6 Å². The highest BCUT2D eigenvalue weighted by Crippen LogP contribution is 2.26. The molecule has 136 valence electrons. The SMILES string of the molecule is CN(C)C(c1cc2n(n1)CCCN(C(=O)OC(C)(C)C)C2)C(F)F. The van der Waals surface area contributed by atoms with Gasteiger partial charge in [-0.15, -0.1) is 0 Å². The highest BCUT2D eigenvalue weighted by Gasteiger charge is 2.30. The Hall–Kier alpha value is -1.70. The van der Waals surface area contributed by atoms with Crippen LogP contribution in [0.1, 0.15) is 44.6 Å². The zero-order valence-electron chi connectivity index (χ0n) is 14.9. The molecule has 0 saturated carbocycles. The number of rotatable bonds is 3. The Morgan fingerprint density at radius 3 is 2.54 bits per heavy atom. The van der Waals surface area contributed by atoms with Crippen molar-refractivity contribution in [3.05, 3.63) is 17.5 Å². The van der Waals surface area contributed by atoms with Gasteiger partial charge in [-0.2, -0.15) is 5.10 Å². The van der Waals surface area contributed by atoms with E-state index in [4.69, 9.17) is 4.74 Å². The number of aromatic nitrogens is 2. The van der Waals surface area contributed by atoms with Gasteiger partial charge in [-0.25, -0.2) is 13.6 Å². The van der Waals surface area contributed by atoms with Gasteiger partial charge in [0.1, 0.15) is 11.6 Å². The number of hydrogen-bond donors (Lipinski definition) is 0. The van der Waals surface area contributed by atoms with Crippen LogP contribution in [0.25, 0.3) is 0 Å². The lowest BCUT2D eigenvalue weighted by atomic mass is 10.2. The second kappa shape index (κ2) is 7.04. The van der Waals surface area contributed by atoms with Crippen LogP contribution < -0.4 is 0 Å². The van der Waals surface area contributed by atoms with Gasteiger partial charge in [-0.1, -0.05) is 0 Å². The molecule has 6 nitrogen and oxygen atoms in total. The summed E-state index contributed by atoms with van der Waals surface area (Å²) < 4.78 is 33.7. The highest BCUT2D eigenvalue weighted by molar-refractivity contribution is 5.68. The standard InChI is InChI=1S/C16H26F2N4O2/c1-16(2,3)24-15(23)21-7-6-8-22-11(10-21)9-12(19-22)13(14(17)18)20(4)5/h9,13-14H,6-8,10H2,1-5H3. The largest absolute Gasteiger partial charge is 0.444 e. The molecule has 1 aromatic heterocycles. The van der Waals surface area contributed by atoms with Crippen molar-refractivity contribution in [3.63, 3.8) is 0 Å². The maximum absolute atomic E-state index is 13.3. The van der Waals surface area contributed by atoms with Gasteiger partial charge in [0.2, 0.25) is 0 Å². The molecule has 1 amide bonds. The lowest BCUT2D eigenvalue weighted by Gasteiger charge is -2.26. The van der Waals surface area contributed by atoms with Crippen LogP contribution in [0.5, 0.6) is 0 Å². The van der Waals surface area contributed by atoms with Gasteiger partial charge in [0.05, 0.1) is 17.9 Å². The lowest BCUT2D eigenvalue weighted by Crippen LogP contribution is -2.36. The van der Waals surface area contributed by atoms with Gasteiger partial charge in [0, 0.05) is 13.1 Å². The number of ether oxygens (including phenoxy) is 1. The molecule has 2 rings (SSSR count). The number of carbonyl (C=O) groups is 1. The number of hydrogen-bond acceptors (Lipinski definition) is 4. The molecule has 1 atom stereocenters. The Balaban J connectivity index is 2.20. The van der Waals surface area contributed by atoms with Crippen LogP contribution in [0.2, 0.25) is 0 Å². The van der Waals surface area contributed by atoms with E-state index in [1.54, 1.807) is 29.7 Å². The lowest BCUT2D eigenvalue weighted by molar-refractivity contribution is 0.0235. The van der Waals surface area contributed by atoms with Gasteiger partial charge in [0.25, 0.3) is 6.43 Å². The summed E-state index contributed by atoms with van der Waals surface area (Å²) in [7, 11) is 3.21. The molecule has 0 spiro atoms. The fraction of sp³-hybridized carbons (Fsp3) is 0.750. The molecule has 0 aliphatic carbocycles. The van der Waals surface area contributed by atoms with Crippen molar-refractivity contribution in [1.82, 2.24) is 19.6 Å². The number of alkyl halides is 2. The van der Waals surface area contributed by atoms with Crippen LogP contribution in [0.15, 0.2) is 6.07 Å². The third kappa shape index (κ3) is 4.43. The zero-order chi connectivity index (χ0) is 18.1. The normalized spacial score (nSPS) is 17.0. The van der Waals surface area contributed by atoms with Crippen LogP contribution >= 0.6 is 0 Å². The van der Waals surface area contributed by atoms with E-state index in [-0.39, 0.29) is 0 Å². The summed E-state index contributed by atoms with van der Waals surface area (Å²) in [6, 6.07) is 0.610. The van der Waals surface area contributed by atoms with Gasteiger partial charge in [-0.3, -0.25) is 9.58 Å². The molecule has 0 radical (unpaired) electrons. The van der Waals surface area contributed by atoms with Crippen molar-refractivity contribution in [2.45, 2.75) is 58.3 Å². The van der Waals surface area contributed by atoms with Gasteiger partial charge in [-0.05, 0) is 47.4 Å². The molecule has 0 N–H and O–H groups in total. The van der Waals surface area contributed by atoms with E-state index >= 15 is 0 Å². The molecular weight excluding hydrogens is 318 g/mol. The van der Waals surface area contributed by atoms with Crippen molar-refractivity contribution in [3.8, 4) is 0 Å². The third-order valence-electron chi connectivity index (χ3n) is 3.78. The minimum atomic E-state index is -2.53. The first-order chi connectivity index (χ1) is 11.1. The summed E-state index contributed by atoms with van der Waals surface area (Å²) >= 11 is 0. The number of carbonyl (C=O) groups excluding carboxylic acids is 1. The van der Waals surface area contributed by atoms with Crippen LogP contribution in [0, 0.1) is 0 Å². The molecule has 0 fully saturated rings. The molecule has 2 heterocycles. The monoisotopic (exact) mass is 344 g/mol. The van der Waals surface area contributed by atoms with Gasteiger partial charge >= 0.3 is 6.09 Å². The fourth-order valence-electron chi connectivity index (χ4n) is 2.73. The average Bonchev–Trinajstić information content (AvgIpc) is 2.66. The first-order valence-corrected chi connectivity index (χ1v) is 8.07. The Morgan fingerprint density at radius 1 is 1.33 bits per heavy atom. The molecule has 1 aliphatic heterocycles. The summed E-state index contributed by atoms with van der Waals surface area (Å²) in [5, 5.41) is 4.34. The molecule has 0 saturated heterocycles. The molecule has 24 heavy (non-hydrogen) atoms. The maximum Gasteiger partial charge on any atom is 0.410 e. The molecule has 1 aromatic rings. The third-order valence-corrected chi connectivity index (χ3v) is 3.78. The molecule has 1 unspecified atom stereocenters. The van der Waals surface area contributed by atoms with E-state index in [1.807, 2.05) is 20.8 Å². The average molecular weight is 344 g/mol. The van der Waals surface area contributed by atoms with Gasteiger partial charge in [0.15, 0.2) is 0 Å². The van der Waals surface area contributed by atoms with E-state index in [9.17, 15) is 13.6 Å². The maximum atomic E-state index is 13.3. The minimum absolute atomic E-state index is 0.311. The van der Waals surface area contributed by atoms with Crippen LogP contribution in [0.3, 0.4) is 0 Å². The predicted molar refractivity (Wildman–Crippen MR) is 85.9 cm³/mol. The van der Waals surface area contributed by atoms with Crippen molar-refractivity contribution in [2.75, 3.05) is 20.6 Å². The smallest absolute Gasteiger partial charge is 0.410 e. The van der Waals surface area contributed by atoms with Crippen LogP contribution in [-0.4, -0.2) is 58.3 Å². The molecule has 0 aromatic carbocycles. The number of aryl methyl sites for hydroxylation is 1. The second-order valence-electron chi connectivity index (χ2n) is 7.28. The first-order valence-electron chi connectivity index (χ1n) is 8.07. The second-order valence-corrected chi connectivity index (χ2v) is 7.28. The van der Waals surface area contributed by atoms with Gasteiger partial charge < -0.3 is 9.64 Å².